The van der Waals surface area contributed by atoms with E-state index >= 15 is 0 Å². The summed E-state index contributed by atoms with van der Waals surface area (Å²) in [5.41, 5.74) is 6.66. The molecular weight excluding hydrogens is 298 g/mol. The van der Waals surface area contributed by atoms with Gasteiger partial charge in [-0.3, -0.25) is 0 Å². The molecule has 23 heavy (non-hydrogen) atoms. The minimum Gasteiger partial charge on any atom is -0.494 e. The van der Waals surface area contributed by atoms with Crippen LogP contribution < -0.4 is 10.5 Å². The predicted molar refractivity (Wildman–Crippen MR) is 87.6 cm³/mol. The number of ether oxygens (including phenoxy) is 3. The third kappa shape index (κ3) is 10.7. The van der Waals surface area contributed by atoms with E-state index in [-0.39, 0.29) is 6.61 Å². The lowest BCUT2D eigenvalue weighted by Crippen LogP contribution is -2.09. The molecule has 0 aromatic heterocycles. The summed E-state index contributed by atoms with van der Waals surface area (Å²) in [7, 11) is 0. The number of nitrogens with two attached hydrogens (primary N) is 1. The van der Waals surface area contributed by atoms with Gasteiger partial charge in [-0.25, -0.2) is 4.79 Å². The molecule has 0 saturated heterocycles. The van der Waals surface area contributed by atoms with Crippen LogP contribution in [0.4, 0.5) is 0 Å². The van der Waals surface area contributed by atoms with Gasteiger partial charge in [-0.1, -0.05) is 12.1 Å². The fourth-order valence-corrected chi connectivity index (χ4v) is 1.96. The Morgan fingerprint density at radius 3 is 2.52 bits per heavy atom. The Bertz CT molecular complexity index is 439. The molecule has 0 bridgehead atoms. The highest BCUT2D eigenvalue weighted by Crippen LogP contribution is 2.13. The van der Waals surface area contributed by atoms with E-state index in [1.807, 2.05) is 24.3 Å². The molecule has 0 aliphatic carbocycles. The largest absolute Gasteiger partial charge is 0.494 e. The lowest BCUT2D eigenvalue weighted by Gasteiger charge is -2.08. The first-order valence-corrected chi connectivity index (χ1v) is 8.01. The third-order valence-corrected chi connectivity index (χ3v) is 3.14. The highest BCUT2D eigenvalue weighted by Gasteiger charge is 1.97. The average Bonchev–Trinajstić information content (AvgIpc) is 2.55. The first-order valence-electron chi connectivity index (χ1n) is 8.01. The van der Waals surface area contributed by atoms with Crippen molar-refractivity contribution in [3.8, 4) is 5.75 Å². The van der Waals surface area contributed by atoms with E-state index in [4.69, 9.17) is 25.1 Å². The van der Waals surface area contributed by atoms with Gasteiger partial charge in [0.05, 0.1) is 6.61 Å². The van der Waals surface area contributed by atoms with Crippen molar-refractivity contribution in [2.75, 3.05) is 33.0 Å². The number of unbranched alkanes of at least 4 members (excludes halogenated alkanes) is 2. The summed E-state index contributed by atoms with van der Waals surface area (Å²) in [6, 6.07) is 7.84. The molecule has 0 unspecified atom stereocenters. The molecule has 1 aromatic carbocycles. The standard InChI is InChI=1S/C17H27NO5/c18-13-15-6-4-7-16(12-15)23-11-3-1-2-8-21-9-5-10-22-14-17(19)20/h4,6-7,12H,1-3,5,8-11,13-14,18H2,(H,19,20). The molecule has 1 rings (SSSR count). The number of rotatable bonds is 14. The fourth-order valence-electron chi connectivity index (χ4n) is 1.96. The normalized spacial score (nSPS) is 10.7. The van der Waals surface area contributed by atoms with Crippen LogP contribution >= 0.6 is 0 Å². The zero-order valence-corrected chi connectivity index (χ0v) is 13.5. The van der Waals surface area contributed by atoms with Gasteiger partial charge in [0, 0.05) is 26.4 Å². The molecular formula is C17H27NO5. The smallest absolute Gasteiger partial charge is 0.329 e. The van der Waals surface area contributed by atoms with E-state index in [1.54, 1.807) is 0 Å². The number of aliphatic carboxylic acids is 1. The van der Waals surface area contributed by atoms with Crippen LogP contribution in [0.5, 0.6) is 5.75 Å². The minimum atomic E-state index is -0.942. The van der Waals surface area contributed by atoms with Gasteiger partial charge < -0.3 is 25.1 Å². The molecule has 0 amide bonds. The van der Waals surface area contributed by atoms with Gasteiger partial charge in [0.2, 0.25) is 0 Å². The minimum absolute atomic E-state index is 0.242. The van der Waals surface area contributed by atoms with Gasteiger partial charge in [-0.2, -0.15) is 0 Å². The Labute approximate surface area is 137 Å². The molecule has 0 aliphatic rings. The summed E-state index contributed by atoms with van der Waals surface area (Å²) in [6.07, 6.45) is 3.74. The van der Waals surface area contributed by atoms with Crippen molar-refractivity contribution in [1.29, 1.82) is 0 Å². The summed E-state index contributed by atoms with van der Waals surface area (Å²) >= 11 is 0. The lowest BCUT2D eigenvalue weighted by atomic mass is 10.2. The summed E-state index contributed by atoms with van der Waals surface area (Å²) in [5, 5.41) is 8.38. The Kier molecular flexibility index (Phi) is 10.9. The van der Waals surface area contributed by atoms with Crippen LogP contribution in [0.25, 0.3) is 0 Å². The molecule has 0 heterocycles. The Morgan fingerprint density at radius 2 is 1.74 bits per heavy atom. The first-order chi connectivity index (χ1) is 11.2. The summed E-state index contributed by atoms with van der Waals surface area (Å²) in [6.45, 7) is 2.70. The number of carboxylic acids is 1. The molecule has 0 atom stereocenters. The maximum absolute atomic E-state index is 10.2. The van der Waals surface area contributed by atoms with E-state index in [2.05, 4.69) is 0 Å². The van der Waals surface area contributed by atoms with Gasteiger partial charge >= 0.3 is 5.97 Å². The van der Waals surface area contributed by atoms with Gasteiger partial charge in [-0.15, -0.1) is 0 Å². The van der Waals surface area contributed by atoms with Crippen molar-refractivity contribution in [2.24, 2.45) is 5.73 Å². The molecule has 0 radical (unpaired) electrons. The number of carboxylic acid groups (broad SMARTS) is 1. The Balaban J connectivity index is 1.87. The maximum atomic E-state index is 10.2. The highest BCUT2D eigenvalue weighted by molar-refractivity contribution is 5.67. The molecule has 3 N–H and O–H groups in total. The summed E-state index contributed by atoms with van der Waals surface area (Å²) in [5.74, 6) is -0.0755. The Hall–Kier alpha value is -1.63. The monoisotopic (exact) mass is 325 g/mol. The van der Waals surface area contributed by atoms with E-state index in [1.165, 1.54) is 0 Å². The van der Waals surface area contributed by atoms with Crippen LogP contribution in [0.3, 0.4) is 0 Å². The van der Waals surface area contributed by atoms with Crippen molar-refractivity contribution in [2.45, 2.75) is 32.2 Å². The predicted octanol–water partition coefficient (Wildman–Crippen LogP) is 2.20. The topological polar surface area (TPSA) is 91.0 Å². The summed E-state index contributed by atoms with van der Waals surface area (Å²) < 4.78 is 16.0. The van der Waals surface area contributed by atoms with E-state index in [9.17, 15) is 4.79 Å². The van der Waals surface area contributed by atoms with Crippen LogP contribution in [-0.4, -0.2) is 44.1 Å². The van der Waals surface area contributed by atoms with Crippen LogP contribution in [0.2, 0.25) is 0 Å². The molecule has 130 valence electrons. The van der Waals surface area contributed by atoms with Crippen molar-refractivity contribution >= 4 is 5.97 Å². The number of hydrogen-bond acceptors (Lipinski definition) is 5. The van der Waals surface area contributed by atoms with Crippen LogP contribution in [0.15, 0.2) is 24.3 Å². The number of hydrogen-bond donors (Lipinski definition) is 2. The van der Waals surface area contributed by atoms with Gasteiger partial charge in [0.15, 0.2) is 0 Å². The fraction of sp³-hybridized carbons (Fsp3) is 0.588. The van der Waals surface area contributed by atoms with E-state index in [0.717, 1.165) is 30.6 Å². The van der Waals surface area contributed by atoms with Gasteiger partial charge in [0.1, 0.15) is 12.4 Å². The third-order valence-electron chi connectivity index (χ3n) is 3.14. The quantitative estimate of drug-likeness (QED) is 0.510. The van der Waals surface area contributed by atoms with Crippen molar-refractivity contribution < 1.29 is 24.1 Å². The van der Waals surface area contributed by atoms with Gasteiger partial charge in [0.25, 0.3) is 0 Å². The van der Waals surface area contributed by atoms with Crippen LogP contribution in [-0.2, 0) is 20.8 Å². The zero-order valence-electron chi connectivity index (χ0n) is 13.5. The SMILES string of the molecule is NCc1cccc(OCCCCCOCCCOCC(=O)O)c1. The number of carbonyl (C=O) groups is 1. The molecule has 0 saturated carbocycles. The number of benzene rings is 1. The van der Waals surface area contributed by atoms with E-state index < -0.39 is 5.97 Å². The summed E-state index contributed by atoms with van der Waals surface area (Å²) in [4.78, 5) is 10.2. The van der Waals surface area contributed by atoms with Gasteiger partial charge in [-0.05, 0) is 43.4 Å². The Morgan fingerprint density at radius 1 is 1.00 bits per heavy atom. The van der Waals surface area contributed by atoms with Crippen molar-refractivity contribution in [3.63, 3.8) is 0 Å². The second-order valence-corrected chi connectivity index (χ2v) is 5.17. The van der Waals surface area contributed by atoms with Crippen LogP contribution in [0.1, 0.15) is 31.2 Å². The molecule has 1 aromatic rings. The molecule has 6 nitrogen and oxygen atoms in total. The van der Waals surface area contributed by atoms with Crippen molar-refractivity contribution in [1.82, 2.24) is 0 Å². The molecule has 0 fully saturated rings. The van der Waals surface area contributed by atoms with Crippen molar-refractivity contribution in [3.05, 3.63) is 29.8 Å². The zero-order chi connectivity index (χ0) is 16.8. The lowest BCUT2D eigenvalue weighted by molar-refractivity contribution is -0.142. The molecule has 6 heteroatoms. The van der Waals surface area contributed by atoms with E-state index in [0.29, 0.717) is 39.4 Å². The molecule has 0 aliphatic heterocycles. The average molecular weight is 325 g/mol. The second-order valence-electron chi connectivity index (χ2n) is 5.17. The first kappa shape index (κ1) is 19.4. The molecule has 0 spiro atoms. The second kappa shape index (κ2) is 12.9. The maximum Gasteiger partial charge on any atom is 0.329 e. The van der Waals surface area contributed by atoms with Crippen LogP contribution in [0, 0.1) is 0 Å². The highest BCUT2D eigenvalue weighted by atomic mass is 16.5.